The van der Waals surface area contributed by atoms with Gasteiger partial charge in [-0.15, -0.1) is 0 Å². The van der Waals surface area contributed by atoms with Gasteiger partial charge in [-0.1, -0.05) is 35.5 Å². The minimum atomic E-state index is -1.01. The van der Waals surface area contributed by atoms with Crippen molar-refractivity contribution in [3.8, 4) is 11.3 Å². The fourth-order valence-corrected chi connectivity index (χ4v) is 2.19. The maximum Gasteiger partial charge on any atom is 0.275 e. The van der Waals surface area contributed by atoms with Crippen LogP contribution in [0, 0.1) is 11.6 Å². The molecule has 7 heteroatoms. The molecule has 0 saturated carbocycles. The van der Waals surface area contributed by atoms with E-state index in [4.69, 9.17) is 4.52 Å². The molecule has 5 nitrogen and oxygen atoms in total. The van der Waals surface area contributed by atoms with Gasteiger partial charge in [-0.05, 0) is 0 Å². The van der Waals surface area contributed by atoms with E-state index in [9.17, 15) is 13.6 Å². The molecule has 122 valence electrons. The molecular weight excluding hydrogens is 316 g/mol. The predicted octanol–water partition coefficient (Wildman–Crippen LogP) is 3.29. The van der Waals surface area contributed by atoms with E-state index < -0.39 is 23.2 Å². The number of carbonyl (C=O) groups excluding carboxylic acids is 1. The van der Waals surface area contributed by atoms with Crippen molar-refractivity contribution in [3.05, 3.63) is 71.8 Å². The molecule has 0 aliphatic rings. The van der Waals surface area contributed by atoms with Crippen LogP contribution in [0.15, 0.2) is 53.2 Å². The predicted molar refractivity (Wildman–Crippen MR) is 81.9 cm³/mol. The van der Waals surface area contributed by atoms with Crippen molar-refractivity contribution in [1.29, 1.82) is 0 Å². The van der Waals surface area contributed by atoms with Crippen molar-refractivity contribution in [3.63, 3.8) is 0 Å². The molecule has 2 aromatic heterocycles. The van der Waals surface area contributed by atoms with Crippen molar-refractivity contribution in [2.45, 2.75) is 6.54 Å². The molecule has 0 unspecified atom stereocenters. The van der Waals surface area contributed by atoms with Crippen LogP contribution in [0.5, 0.6) is 0 Å². The Morgan fingerprint density at radius 2 is 1.96 bits per heavy atom. The summed E-state index contributed by atoms with van der Waals surface area (Å²) in [5.74, 6) is -2.08. The minimum Gasteiger partial charge on any atom is -0.359 e. The Labute approximate surface area is 136 Å². The highest BCUT2D eigenvalue weighted by Crippen LogP contribution is 2.19. The summed E-state index contributed by atoms with van der Waals surface area (Å²) in [5.41, 5.74) is 1.08. The average Bonchev–Trinajstić information content (AvgIpc) is 3.03. The van der Waals surface area contributed by atoms with Crippen LogP contribution in [0.2, 0.25) is 0 Å². The fourth-order valence-electron chi connectivity index (χ4n) is 2.19. The van der Waals surface area contributed by atoms with Crippen molar-refractivity contribution in [2.75, 3.05) is 7.05 Å². The monoisotopic (exact) mass is 329 g/mol. The van der Waals surface area contributed by atoms with Crippen molar-refractivity contribution >= 4 is 5.91 Å². The molecular formula is C17H13F2N3O2. The van der Waals surface area contributed by atoms with Gasteiger partial charge in [-0.25, -0.2) is 13.8 Å². The molecule has 2 heterocycles. The Morgan fingerprint density at radius 1 is 1.21 bits per heavy atom. The molecule has 0 bridgehead atoms. The highest BCUT2D eigenvalue weighted by atomic mass is 19.1. The molecule has 1 amide bonds. The van der Waals surface area contributed by atoms with E-state index in [1.54, 1.807) is 6.07 Å². The van der Waals surface area contributed by atoms with Crippen LogP contribution in [-0.4, -0.2) is 28.0 Å². The van der Waals surface area contributed by atoms with Gasteiger partial charge < -0.3 is 9.42 Å². The van der Waals surface area contributed by atoms with Gasteiger partial charge in [0.05, 0.1) is 12.7 Å². The standard InChI is InChI=1S/C17H13F2N3O2/c1-22(17(23)16-14(19)7-12(18)9-20-16)10-13-8-15(21-24-13)11-5-3-2-4-6-11/h2-9H,10H2,1H3. The number of halogens is 2. The smallest absolute Gasteiger partial charge is 0.275 e. The van der Waals surface area contributed by atoms with Crippen LogP contribution in [0.25, 0.3) is 11.3 Å². The zero-order valence-electron chi connectivity index (χ0n) is 12.7. The van der Waals surface area contributed by atoms with Crippen molar-refractivity contribution in [1.82, 2.24) is 15.0 Å². The molecule has 0 fully saturated rings. The lowest BCUT2D eigenvalue weighted by atomic mass is 10.1. The number of amides is 1. The van der Waals surface area contributed by atoms with Gasteiger partial charge >= 0.3 is 0 Å². The van der Waals surface area contributed by atoms with Crippen LogP contribution >= 0.6 is 0 Å². The van der Waals surface area contributed by atoms with Gasteiger partial charge in [0.15, 0.2) is 17.3 Å². The van der Waals surface area contributed by atoms with E-state index in [0.29, 0.717) is 17.5 Å². The quantitative estimate of drug-likeness (QED) is 0.737. The summed E-state index contributed by atoms with van der Waals surface area (Å²) < 4.78 is 31.7. The van der Waals surface area contributed by atoms with Crippen LogP contribution in [-0.2, 0) is 6.54 Å². The molecule has 3 aromatic rings. The first kappa shape index (κ1) is 15.8. The summed E-state index contributed by atoms with van der Waals surface area (Å²) in [4.78, 5) is 16.9. The van der Waals surface area contributed by atoms with Crippen molar-refractivity contribution < 1.29 is 18.1 Å². The number of hydrogen-bond donors (Lipinski definition) is 0. The average molecular weight is 329 g/mol. The van der Waals surface area contributed by atoms with E-state index >= 15 is 0 Å². The van der Waals surface area contributed by atoms with E-state index in [1.165, 1.54) is 11.9 Å². The number of rotatable bonds is 4. The first-order chi connectivity index (χ1) is 11.5. The third-order valence-corrected chi connectivity index (χ3v) is 3.38. The van der Waals surface area contributed by atoms with E-state index in [-0.39, 0.29) is 6.54 Å². The van der Waals surface area contributed by atoms with Crippen LogP contribution in [0.4, 0.5) is 8.78 Å². The summed E-state index contributed by atoms with van der Waals surface area (Å²) in [5, 5.41) is 3.95. The summed E-state index contributed by atoms with van der Waals surface area (Å²) in [6, 6.07) is 11.7. The summed E-state index contributed by atoms with van der Waals surface area (Å²) >= 11 is 0. The molecule has 0 saturated heterocycles. The molecule has 0 aliphatic carbocycles. The number of benzene rings is 1. The molecule has 0 atom stereocenters. The molecule has 0 aliphatic heterocycles. The number of nitrogens with zero attached hydrogens (tertiary/aromatic N) is 3. The lowest BCUT2D eigenvalue weighted by Gasteiger charge is -2.14. The molecule has 0 spiro atoms. The maximum atomic E-state index is 13.6. The molecule has 1 aromatic carbocycles. The van der Waals surface area contributed by atoms with Gasteiger partial charge in [-0.3, -0.25) is 4.79 Å². The molecule has 3 rings (SSSR count). The van der Waals surface area contributed by atoms with Gasteiger partial charge in [0, 0.05) is 24.7 Å². The number of carbonyl (C=O) groups is 1. The lowest BCUT2D eigenvalue weighted by Crippen LogP contribution is -2.27. The van der Waals surface area contributed by atoms with E-state index in [2.05, 4.69) is 10.1 Å². The molecule has 0 N–H and O–H groups in total. The largest absolute Gasteiger partial charge is 0.359 e. The Bertz CT molecular complexity index is 865. The Kier molecular flexibility index (Phi) is 4.33. The Morgan fingerprint density at radius 3 is 2.67 bits per heavy atom. The van der Waals surface area contributed by atoms with E-state index in [1.807, 2.05) is 30.3 Å². The Balaban J connectivity index is 1.74. The third kappa shape index (κ3) is 3.29. The van der Waals surface area contributed by atoms with Crippen LogP contribution < -0.4 is 0 Å². The topological polar surface area (TPSA) is 59.2 Å². The minimum absolute atomic E-state index is 0.0805. The van der Waals surface area contributed by atoms with Crippen LogP contribution in [0.3, 0.4) is 0 Å². The van der Waals surface area contributed by atoms with Crippen LogP contribution in [0.1, 0.15) is 16.2 Å². The second-order valence-electron chi connectivity index (χ2n) is 5.19. The Hall–Kier alpha value is -3.09. The SMILES string of the molecule is CN(Cc1cc(-c2ccccc2)no1)C(=O)c1ncc(F)cc1F. The van der Waals surface area contributed by atoms with Gasteiger partial charge in [-0.2, -0.15) is 0 Å². The maximum absolute atomic E-state index is 13.6. The van der Waals surface area contributed by atoms with E-state index in [0.717, 1.165) is 11.8 Å². The summed E-state index contributed by atoms with van der Waals surface area (Å²) in [7, 11) is 1.47. The zero-order valence-corrected chi connectivity index (χ0v) is 12.7. The van der Waals surface area contributed by atoms with Gasteiger partial charge in [0.1, 0.15) is 11.5 Å². The zero-order chi connectivity index (χ0) is 17.1. The van der Waals surface area contributed by atoms with Crippen molar-refractivity contribution in [2.24, 2.45) is 0 Å². The number of pyridine rings is 1. The highest BCUT2D eigenvalue weighted by Gasteiger charge is 2.20. The second kappa shape index (κ2) is 6.57. The lowest BCUT2D eigenvalue weighted by molar-refractivity contribution is 0.0761. The van der Waals surface area contributed by atoms with Gasteiger partial charge in [0.2, 0.25) is 0 Å². The molecule has 0 radical (unpaired) electrons. The normalized spacial score (nSPS) is 10.6. The number of aromatic nitrogens is 2. The summed E-state index contributed by atoms with van der Waals surface area (Å²) in [6.07, 6.45) is 0.798. The first-order valence-electron chi connectivity index (χ1n) is 7.12. The molecule has 24 heavy (non-hydrogen) atoms. The number of hydrogen-bond acceptors (Lipinski definition) is 4. The third-order valence-electron chi connectivity index (χ3n) is 3.38. The first-order valence-corrected chi connectivity index (χ1v) is 7.12. The highest BCUT2D eigenvalue weighted by molar-refractivity contribution is 5.92. The second-order valence-corrected chi connectivity index (χ2v) is 5.19. The fraction of sp³-hybridized carbons (Fsp3) is 0.118. The summed E-state index contributed by atoms with van der Waals surface area (Å²) in [6.45, 7) is 0.0805. The van der Waals surface area contributed by atoms with Gasteiger partial charge in [0.25, 0.3) is 5.91 Å².